The van der Waals surface area contributed by atoms with Crippen LogP contribution in [0.15, 0.2) is 55.1 Å². The van der Waals surface area contributed by atoms with Crippen LogP contribution in [0.2, 0.25) is 0 Å². The van der Waals surface area contributed by atoms with E-state index in [1.54, 1.807) is 18.6 Å². The van der Waals surface area contributed by atoms with Gasteiger partial charge in [0.05, 0.1) is 22.9 Å². The molecule has 0 saturated carbocycles. The highest BCUT2D eigenvalue weighted by molar-refractivity contribution is 5.87. The second-order valence-corrected chi connectivity index (χ2v) is 9.69. The van der Waals surface area contributed by atoms with E-state index in [2.05, 4.69) is 45.0 Å². The van der Waals surface area contributed by atoms with Crippen LogP contribution in [0, 0.1) is 24.1 Å². The number of rotatable bonds is 5. The summed E-state index contributed by atoms with van der Waals surface area (Å²) in [5, 5.41) is 10.3. The Balaban J connectivity index is 1.24. The van der Waals surface area contributed by atoms with Gasteiger partial charge in [0.25, 0.3) is 0 Å². The third kappa shape index (κ3) is 4.07. The first-order valence-electron chi connectivity index (χ1n) is 12.4. The molecule has 1 N–H and O–H groups in total. The molecule has 0 atom stereocenters. The number of hydrogen-bond acceptors (Lipinski definition) is 5. The Kier molecular flexibility index (Phi) is 5.78. The zero-order valence-corrected chi connectivity index (χ0v) is 20.4. The molecule has 1 fully saturated rings. The van der Waals surface area contributed by atoms with E-state index in [-0.39, 0.29) is 0 Å². The van der Waals surface area contributed by atoms with Gasteiger partial charge in [-0.25, -0.2) is 14.4 Å². The van der Waals surface area contributed by atoms with Gasteiger partial charge in [-0.2, -0.15) is 5.26 Å². The van der Waals surface area contributed by atoms with E-state index in [1.807, 2.05) is 16.8 Å². The van der Waals surface area contributed by atoms with E-state index in [9.17, 15) is 14.4 Å². The molecule has 0 bridgehead atoms. The minimum Gasteiger partial charge on any atom is -0.346 e. The number of nitrogens with zero attached hydrogens (tertiary/aromatic N) is 5. The summed E-state index contributed by atoms with van der Waals surface area (Å²) >= 11 is 0. The van der Waals surface area contributed by atoms with Gasteiger partial charge in [0.15, 0.2) is 6.29 Å². The number of aromatic nitrogens is 4. The average Bonchev–Trinajstić information content (AvgIpc) is 3.53. The van der Waals surface area contributed by atoms with Gasteiger partial charge in [0, 0.05) is 29.2 Å². The monoisotopic (exact) mass is 492 g/mol. The van der Waals surface area contributed by atoms with Crippen LogP contribution >= 0.6 is 0 Å². The zero-order chi connectivity index (χ0) is 25.5. The standard InChI is InChI=1S/C29H25FN6O/c1-18-20(2-4-26-24(18)11-23(12-31)34-26)14-35-8-6-19(7-9-35)25-15-36(28-13-32-17-33-29(25)28)27-5-3-22(30)10-21(27)16-37/h2-5,10-11,13,15-17,19,34H,6-9,14H2,1H3. The van der Waals surface area contributed by atoms with E-state index < -0.39 is 5.82 Å². The Bertz CT molecular complexity index is 1690. The minimum absolute atomic E-state index is 0.291. The Hall–Kier alpha value is -4.35. The smallest absolute Gasteiger partial charge is 0.152 e. The highest BCUT2D eigenvalue weighted by Gasteiger charge is 2.26. The van der Waals surface area contributed by atoms with E-state index in [0.29, 0.717) is 29.1 Å². The van der Waals surface area contributed by atoms with Crippen molar-refractivity contribution in [1.82, 2.24) is 24.4 Å². The van der Waals surface area contributed by atoms with Gasteiger partial charge in [0.2, 0.25) is 0 Å². The first-order chi connectivity index (χ1) is 18.1. The van der Waals surface area contributed by atoms with Crippen LogP contribution in [-0.2, 0) is 6.54 Å². The quantitative estimate of drug-likeness (QED) is 0.331. The van der Waals surface area contributed by atoms with Crippen molar-refractivity contribution < 1.29 is 9.18 Å². The number of nitrogens with one attached hydrogen (secondary N) is 1. The molecular formula is C29H25FN6O. The number of aldehydes is 1. The number of nitriles is 1. The summed E-state index contributed by atoms with van der Waals surface area (Å²) in [6.07, 6.45) is 7.98. The molecule has 1 aliphatic heterocycles. The number of carbonyl (C=O) groups excluding carboxylic acids is 1. The first-order valence-corrected chi connectivity index (χ1v) is 12.4. The van der Waals surface area contributed by atoms with Crippen molar-refractivity contribution in [3.63, 3.8) is 0 Å². The van der Waals surface area contributed by atoms with E-state index in [4.69, 9.17) is 0 Å². The van der Waals surface area contributed by atoms with Gasteiger partial charge in [0.1, 0.15) is 23.9 Å². The number of aromatic amines is 1. The molecule has 6 rings (SSSR count). The van der Waals surface area contributed by atoms with Gasteiger partial charge < -0.3 is 9.55 Å². The average molecular weight is 493 g/mol. The van der Waals surface area contributed by atoms with Crippen molar-refractivity contribution in [3.05, 3.63) is 88.9 Å². The van der Waals surface area contributed by atoms with Crippen molar-refractivity contribution in [1.29, 1.82) is 5.26 Å². The number of piperidine rings is 1. The lowest BCUT2D eigenvalue weighted by Gasteiger charge is -2.32. The lowest BCUT2D eigenvalue weighted by atomic mass is 9.90. The van der Waals surface area contributed by atoms with Gasteiger partial charge >= 0.3 is 0 Å². The zero-order valence-electron chi connectivity index (χ0n) is 20.4. The van der Waals surface area contributed by atoms with Crippen LogP contribution in [0.4, 0.5) is 4.39 Å². The molecule has 0 spiro atoms. The Morgan fingerprint density at radius 1 is 1.22 bits per heavy atom. The Morgan fingerprint density at radius 3 is 2.84 bits per heavy atom. The minimum atomic E-state index is -0.442. The number of benzene rings is 2. The summed E-state index contributed by atoms with van der Waals surface area (Å²) in [4.78, 5) is 26.1. The molecule has 37 heavy (non-hydrogen) atoms. The summed E-state index contributed by atoms with van der Waals surface area (Å²) in [6, 6.07) is 12.6. The number of aryl methyl sites for hydroxylation is 1. The largest absolute Gasteiger partial charge is 0.346 e. The third-order valence-corrected chi connectivity index (χ3v) is 7.60. The molecule has 0 unspecified atom stereocenters. The molecule has 1 aliphatic rings. The fourth-order valence-corrected chi connectivity index (χ4v) is 5.60. The lowest BCUT2D eigenvalue weighted by molar-refractivity contribution is 0.112. The number of halogens is 1. The van der Waals surface area contributed by atoms with Crippen molar-refractivity contribution in [2.24, 2.45) is 0 Å². The third-order valence-electron chi connectivity index (χ3n) is 7.60. The molecule has 184 valence electrons. The molecule has 2 aromatic carbocycles. The molecule has 1 saturated heterocycles. The molecule has 0 amide bonds. The van der Waals surface area contributed by atoms with Crippen LogP contribution in [0.5, 0.6) is 0 Å². The number of carbonyl (C=O) groups is 1. The van der Waals surface area contributed by atoms with Gasteiger partial charge in [-0.1, -0.05) is 6.07 Å². The molecule has 0 radical (unpaired) electrons. The van der Waals surface area contributed by atoms with Crippen LogP contribution in [0.3, 0.4) is 0 Å². The van der Waals surface area contributed by atoms with Crippen LogP contribution in [-0.4, -0.2) is 43.8 Å². The lowest BCUT2D eigenvalue weighted by Crippen LogP contribution is -2.32. The van der Waals surface area contributed by atoms with Crippen molar-refractivity contribution in [2.45, 2.75) is 32.2 Å². The summed E-state index contributed by atoms with van der Waals surface area (Å²) < 4.78 is 15.7. The number of likely N-dealkylation sites (tertiary alicyclic amines) is 1. The normalized spacial score (nSPS) is 14.8. The maximum Gasteiger partial charge on any atom is 0.152 e. The molecule has 8 heteroatoms. The van der Waals surface area contributed by atoms with E-state index in [1.165, 1.54) is 23.3 Å². The summed E-state index contributed by atoms with van der Waals surface area (Å²) in [5.74, 6) is -0.121. The second kappa shape index (κ2) is 9.26. The highest BCUT2D eigenvalue weighted by atomic mass is 19.1. The molecule has 4 heterocycles. The summed E-state index contributed by atoms with van der Waals surface area (Å²) in [7, 11) is 0. The van der Waals surface area contributed by atoms with Crippen LogP contribution in [0.1, 0.15) is 51.5 Å². The summed E-state index contributed by atoms with van der Waals surface area (Å²) in [6.45, 7) is 4.89. The number of hydrogen-bond donors (Lipinski definition) is 1. The number of fused-ring (bicyclic) bond motifs is 2. The van der Waals surface area contributed by atoms with Crippen LogP contribution in [0.25, 0.3) is 27.6 Å². The fourth-order valence-electron chi connectivity index (χ4n) is 5.60. The van der Waals surface area contributed by atoms with E-state index in [0.717, 1.165) is 60.0 Å². The summed E-state index contributed by atoms with van der Waals surface area (Å²) in [5.41, 5.74) is 7.78. The Morgan fingerprint density at radius 2 is 2.05 bits per heavy atom. The molecular weight excluding hydrogens is 467 g/mol. The van der Waals surface area contributed by atoms with Crippen LogP contribution < -0.4 is 0 Å². The molecule has 7 nitrogen and oxygen atoms in total. The van der Waals surface area contributed by atoms with Gasteiger partial charge in [-0.05, 0) is 85.8 Å². The maximum absolute atomic E-state index is 13.8. The first kappa shape index (κ1) is 23.1. The topological polar surface area (TPSA) is 90.6 Å². The molecule has 5 aromatic rings. The van der Waals surface area contributed by atoms with Crippen molar-refractivity contribution in [2.75, 3.05) is 13.1 Å². The van der Waals surface area contributed by atoms with Crippen molar-refractivity contribution >= 4 is 28.2 Å². The predicted molar refractivity (Wildman–Crippen MR) is 139 cm³/mol. The van der Waals surface area contributed by atoms with E-state index >= 15 is 0 Å². The fraction of sp³-hybridized carbons (Fsp3) is 0.241. The maximum atomic E-state index is 13.8. The predicted octanol–water partition coefficient (Wildman–Crippen LogP) is 5.41. The SMILES string of the molecule is Cc1c(CN2CCC(c3cn(-c4ccc(F)cc4C=O)c4cncnc34)CC2)ccc2[nH]c(C#N)cc12. The number of H-pyrrole nitrogens is 1. The van der Waals surface area contributed by atoms with Gasteiger partial charge in [-0.15, -0.1) is 0 Å². The van der Waals surface area contributed by atoms with Gasteiger partial charge in [-0.3, -0.25) is 9.69 Å². The molecule has 3 aromatic heterocycles. The molecule has 0 aliphatic carbocycles. The Labute approximate surface area is 213 Å². The highest BCUT2D eigenvalue weighted by Crippen LogP contribution is 2.35. The second-order valence-electron chi connectivity index (χ2n) is 9.69. The van der Waals surface area contributed by atoms with Crippen molar-refractivity contribution in [3.8, 4) is 11.8 Å².